The van der Waals surface area contributed by atoms with Crippen molar-refractivity contribution in [2.24, 2.45) is 0 Å². The zero-order chi connectivity index (χ0) is 16.9. The predicted molar refractivity (Wildman–Crippen MR) is 94.3 cm³/mol. The first-order chi connectivity index (χ1) is 11.6. The molecular weight excluding hydrogens is 326 g/mol. The Labute approximate surface area is 145 Å². The molecule has 6 heteroatoms. The first kappa shape index (κ1) is 16.3. The van der Waals surface area contributed by atoms with Crippen molar-refractivity contribution < 1.29 is 9.53 Å². The smallest absolute Gasteiger partial charge is 0.244 e. The summed E-state index contributed by atoms with van der Waals surface area (Å²) in [5.41, 5.74) is 0.953. The van der Waals surface area contributed by atoms with Gasteiger partial charge in [0.2, 0.25) is 5.91 Å². The van der Waals surface area contributed by atoms with E-state index in [1.807, 2.05) is 36.4 Å². The average Bonchev–Trinajstić information content (AvgIpc) is 2.98. The topological polar surface area (TPSA) is 47.4 Å². The summed E-state index contributed by atoms with van der Waals surface area (Å²) in [6, 6.07) is 15.0. The van der Waals surface area contributed by atoms with Crippen molar-refractivity contribution in [2.45, 2.75) is 6.54 Å². The number of hydrogen-bond acceptors (Lipinski definition) is 3. The molecular formula is C18H18ClN3O2. The molecule has 3 aromatic rings. The number of aromatic nitrogens is 2. The van der Waals surface area contributed by atoms with Crippen molar-refractivity contribution in [1.82, 2.24) is 14.7 Å². The van der Waals surface area contributed by atoms with Gasteiger partial charge in [-0.15, -0.1) is 0 Å². The van der Waals surface area contributed by atoms with Crippen LogP contribution in [-0.4, -0.2) is 40.8 Å². The number of halogens is 1. The van der Waals surface area contributed by atoms with E-state index in [9.17, 15) is 4.79 Å². The molecule has 0 spiro atoms. The fourth-order valence-electron chi connectivity index (χ4n) is 2.38. The molecule has 0 atom stereocenters. The van der Waals surface area contributed by atoms with Gasteiger partial charge in [-0.05, 0) is 24.3 Å². The molecule has 24 heavy (non-hydrogen) atoms. The lowest BCUT2D eigenvalue weighted by molar-refractivity contribution is -0.131. The number of rotatable bonds is 6. The Morgan fingerprint density at radius 3 is 2.92 bits per heavy atom. The molecule has 5 nitrogen and oxygen atoms in total. The number of ether oxygens (including phenoxy) is 1. The molecule has 124 valence electrons. The van der Waals surface area contributed by atoms with Crippen LogP contribution in [0.15, 0.2) is 54.7 Å². The maximum absolute atomic E-state index is 12.3. The summed E-state index contributed by atoms with van der Waals surface area (Å²) < 4.78 is 7.33. The molecule has 0 aliphatic carbocycles. The zero-order valence-corrected chi connectivity index (χ0v) is 14.1. The molecule has 0 aliphatic heterocycles. The van der Waals surface area contributed by atoms with Crippen LogP contribution in [0, 0.1) is 0 Å². The number of para-hydroxylation sites is 1. The van der Waals surface area contributed by atoms with E-state index in [1.54, 1.807) is 35.0 Å². The number of hydrogen-bond donors (Lipinski definition) is 0. The highest BCUT2D eigenvalue weighted by molar-refractivity contribution is 6.30. The number of amides is 1. The van der Waals surface area contributed by atoms with Crippen LogP contribution in [0.25, 0.3) is 10.9 Å². The number of fused-ring (bicyclic) bond motifs is 1. The minimum Gasteiger partial charge on any atom is -0.492 e. The van der Waals surface area contributed by atoms with Gasteiger partial charge in [0.05, 0.1) is 18.3 Å². The van der Waals surface area contributed by atoms with Crippen LogP contribution < -0.4 is 4.74 Å². The van der Waals surface area contributed by atoms with E-state index in [0.717, 1.165) is 10.9 Å². The lowest BCUT2D eigenvalue weighted by atomic mass is 10.2. The van der Waals surface area contributed by atoms with Gasteiger partial charge in [-0.25, -0.2) is 0 Å². The zero-order valence-electron chi connectivity index (χ0n) is 13.4. The van der Waals surface area contributed by atoms with Crippen molar-refractivity contribution in [3.63, 3.8) is 0 Å². The van der Waals surface area contributed by atoms with Crippen molar-refractivity contribution in [1.29, 1.82) is 0 Å². The molecule has 0 unspecified atom stereocenters. The molecule has 0 N–H and O–H groups in total. The lowest BCUT2D eigenvalue weighted by Gasteiger charge is -2.17. The highest BCUT2D eigenvalue weighted by Crippen LogP contribution is 2.17. The molecule has 3 rings (SSSR count). The van der Waals surface area contributed by atoms with E-state index in [1.165, 1.54) is 0 Å². The van der Waals surface area contributed by atoms with E-state index >= 15 is 0 Å². The van der Waals surface area contributed by atoms with Crippen molar-refractivity contribution in [2.75, 3.05) is 20.2 Å². The van der Waals surface area contributed by atoms with Crippen LogP contribution in [0.3, 0.4) is 0 Å². The van der Waals surface area contributed by atoms with Gasteiger partial charge in [0.1, 0.15) is 18.9 Å². The summed E-state index contributed by atoms with van der Waals surface area (Å²) in [6.07, 6.45) is 1.77. The normalized spacial score (nSPS) is 10.8. The van der Waals surface area contributed by atoms with E-state index in [-0.39, 0.29) is 12.5 Å². The van der Waals surface area contributed by atoms with Crippen molar-refractivity contribution >= 4 is 28.4 Å². The SMILES string of the molecule is CN(CCOc1cccc(Cl)c1)C(=O)Cn1ncc2ccccc21. The Kier molecular flexibility index (Phi) is 5.01. The quantitative estimate of drug-likeness (QED) is 0.690. The Morgan fingerprint density at radius 2 is 2.08 bits per heavy atom. The van der Waals surface area contributed by atoms with Gasteiger partial charge >= 0.3 is 0 Å². The third-order valence-electron chi connectivity index (χ3n) is 3.75. The van der Waals surface area contributed by atoms with Gasteiger partial charge in [0.25, 0.3) is 0 Å². The maximum atomic E-state index is 12.3. The molecule has 0 saturated carbocycles. The first-order valence-corrected chi connectivity index (χ1v) is 8.04. The minimum absolute atomic E-state index is 0.0152. The number of likely N-dealkylation sites (N-methyl/N-ethyl adjacent to an activating group) is 1. The molecule has 1 aromatic heterocycles. The van der Waals surface area contributed by atoms with Crippen LogP contribution in [0.2, 0.25) is 5.02 Å². The van der Waals surface area contributed by atoms with E-state index in [4.69, 9.17) is 16.3 Å². The summed E-state index contributed by atoms with van der Waals surface area (Å²) in [6.45, 7) is 1.11. The minimum atomic E-state index is -0.0152. The highest BCUT2D eigenvalue weighted by Gasteiger charge is 2.12. The second-order valence-corrected chi connectivity index (χ2v) is 5.92. The van der Waals surface area contributed by atoms with Gasteiger partial charge in [-0.2, -0.15) is 5.10 Å². The molecule has 1 heterocycles. The van der Waals surface area contributed by atoms with E-state index in [2.05, 4.69) is 5.10 Å². The summed E-state index contributed by atoms with van der Waals surface area (Å²) in [5.74, 6) is 0.681. The van der Waals surface area contributed by atoms with Crippen LogP contribution in [0.4, 0.5) is 0 Å². The van der Waals surface area contributed by atoms with Crippen molar-refractivity contribution in [3.8, 4) is 5.75 Å². The summed E-state index contributed by atoms with van der Waals surface area (Å²) in [7, 11) is 1.76. The Balaban J connectivity index is 1.53. The number of carbonyl (C=O) groups is 1. The Hall–Kier alpha value is -2.53. The fourth-order valence-corrected chi connectivity index (χ4v) is 2.56. The first-order valence-electron chi connectivity index (χ1n) is 7.66. The standard InChI is InChI=1S/C18H18ClN3O2/c1-21(9-10-24-16-7-4-6-15(19)11-16)18(23)13-22-17-8-3-2-5-14(17)12-20-22/h2-8,11-12H,9-10,13H2,1H3. The summed E-state index contributed by atoms with van der Waals surface area (Å²) in [5, 5.41) is 5.93. The van der Waals surface area contributed by atoms with Gasteiger partial charge in [0.15, 0.2) is 0 Å². The molecule has 0 bridgehead atoms. The summed E-state index contributed by atoms with van der Waals surface area (Å²) >= 11 is 5.91. The van der Waals surface area contributed by atoms with Crippen LogP contribution in [0.1, 0.15) is 0 Å². The molecule has 0 saturated heterocycles. The van der Waals surface area contributed by atoms with Gasteiger partial charge in [-0.1, -0.05) is 35.9 Å². The monoisotopic (exact) mass is 343 g/mol. The molecule has 0 radical (unpaired) electrons. The average molecular weight is 344 g/mol. The predicted octanol–water partition coefficient (Wildman–Crippen LogP) is 3.23. The lowest BCUT2D eigenvalue weighted by Crippen LogP contribution is -2.33. The number of carbonyl (C=O) groups excluding carboxylic acids is 1. The molecule has 0 aliphatic rings. The third kappa shape index (κ3) is 3.86. The maximum Gasteiger partial charge on any atom is 0.244 e. The third-order valence-corrected chi connectivity index (χ3v) is 3.99. The Morgan fingerprint density at radius 1 is 1.25 bits per heavy atom. The summed E-state index contributed by atoms with van der Waals surface area (Å²) in [4.78, 5) is 14.0. The second kappa shape index (κ2) is 7.36. The number of nitrogens with zero attached hydrogens (tertiary/aromatic N) is 3. The highest BCUT2D eigenvalue weighted by atomic mass is 35.5. The van der Waals surface area contributed by atoms with Crippen LogP contribution in [-0.2, 0) is 11.3 Å². The fraction of sp³-hybridized carbons (Fsp3) is 0.222. The van der Waals surface area contributed by atoms with E-state index < -0.39 is 0 Å². The van der Waals surface area contributed by atoms with Crippen molar-refractivity contribution in [3.05, 3.63) is 59.8 Å². The molecule has 0 fully saturated rings. The van der Waals surface area contributed by atoms with Crippen LogP contribution >= 0.6 is 11.6 Å². The molecule has 2 aromatic carbocycles. The van der Waals surface area contributed by atoms with Gasteiger partial charge in [-0.3, -0.25) is 9.48 Å². The van der Waals surface area contributed by atoms with Gasteiger partial charge < -0.3 is 9.64 Å². The number of benzene rings is 2. The van der Waals surface area contributed by atoms with Gasteiger partial charge in [0, 0.05) is 17.5 Å². The second-order valence-electron chi connectivity index (χ2n) is 5.48. The molecule has 1 amide bonds. The van der Waals surface area contributed by atoms with E-state index in [0.29, 0.717) is 23.9 Å². The largest absolute Gasteiger partial charge is 0.492 e. The Bertz CT molecular complexity index is 847. The van der Waals surface area contributed by atoms with Crippen LogP contribution in [0.5, 0.6) is 5.75 Å².